The monoisotopic (exact) mass is 365 g/mol. The SMILES string of the molecule is O=S(=O)(NCC1(CO)CCCC1)c1ccc(Br)c(F)c1. The molecule has 1 saturated carbocycles. The van der Waals surface area contributed by atoms with E-state index in [0.29, 0.717) is 0 Å². The maximum atomic E-state index is 13.4. The quantitative estimate of drug-likeness (QED) is 0.841. The molecule has 1 aliphatic carbocycles. The molecular weight excluding hydrogens is 349 g/mol. The summed E-state index contributed by atoms with van der Waals surface area (Å²) in [5, 5.41) is 9.46. The van der Waals surface area contributed by atoms with Gasteiger partial charge in [0.05, 0.1) is 9.37 Å². The average Bonchev–Trinajstić information content (AvgIpc) is 2.89. The highest BCUT2D eigenvalue weighted by Gasteiger charge is 2.34. The van der Waals surface area contributed by atoms with Crippen LogP contribution in [0.5, 0.6) is 0 Å². The van der Waals surface area contributed by atoms with Gasteiger partial charge in [-0.1, -0.05) is 12.8 Å². The Kier molecular flexibility index (Phi) is 4.84. The van der Waals surface area contributed by atoms with Crippen molar-refractivity contribution in [2.45, 2.75) is 30.6 Å². The zero-order chi connectivity index (χ0) is 14.8. The van der Waals surface area contributed by atoms with Crippen LogP contribution in [0.1, 0.15) is 25.7 Å². The van der Waals surface area contributed by atoms with Crippen molar-refractivity contribution in [3.05, 3.63) is 28.5 Å². The molecule has 0 aromatic heterocycles. The molecule has 1 aromatic rings. The molecule has 0 atom stereocenters. The molecule has 0 radical (unpaired) electrons. The lowest BCUT2D eigenvalue weighted by molar-refractivity contribution is 0.134. The predicted octanol–water partition coefficient (Wildman–Crippen LogP) is 2.42. The van der Waals surface area contributed by atoms with Gasteiger partial charge in [0.15, 0.2) is 0 Å². The lowest BCUT2D eigenvalue weighted by Crippen LogP contribution is -2.38. The van der Waals surface area contributed by atoms with Crippen molar-refractivity contribution < 1.29 is 17.9 Å². The second kappa shape index (κ2) is 6.09. The van der Waals surface area contributed by atoms with Gasteiger partial charge in [0.25, 0.3) is 0 Å². The molecular formula is C13H17BrFNO3S. The zero-order valence-electron chi connectivity index (χ0n) is 10.9. The minimum atomic E-state index is -3.76. The largest absolute Gasteiger partial charge is 0.396 e. The summed E-state index contributed by atoms with van der Waals surface area (Å²) in [5.74, 6) is -0.620. The normalized spacial score (nSPS) is 18.4. The van der Waals surface area contributed by atoms with Crippen molar-refractivity contribution in [3.8, 4) is 0 Å². The third-order valence-electron chi connectivity index (χ3n) is 3.84. The van der Waals surface area contributed by atoms with Crippen molar-refractivity contribution in [1.82, 2.24) is 4.72 Å². The molecule has 2 rings (SSSR count). The molecule has 0 bridgehead atoms. The number of rotatable bonds is 5. The number of hydrogen-bond donors (Lipinski definition) is 2. The average molecular weight is 366 g/mol. The Hall–Kier alpha value is -0.500. The summed E-state index contributed by atoms with van der Waals surface area (Å²) in [6.45, 7) is 0.147. The molecule has 0 saturated heterocycles. The van der Waals surface area contributed by atoms with Crippen LogP contribution in [0.4, 0.5) is 4.39 Å². The van der Waals surface area contributed by atoms with Crippen LogP contribution in [0.15, 0.2) is 27.6 Å². The highest BCUT2D eigenvalue weighted by atomic mass is 79.9. The molecule has 0 heterocycles. The molecule has 2 N–H and O–H groups in total. The van der Waals surface area contributed by atoms with Gasteiger partial charge in [-0.25, -0.2) is 17.5 Å². The zero-order valence-corrected chi connectivity index (χ0v) is 13.3. The van der Waals surface area contributed by atoms with Crippen LogP contribution < -0.4 is 4.72 Å². The Labute approximate surface area is 126 Å². The van der Waals surface area contributed by atoms with Crippen molar-refractivity contribution in [3.63, 3.8) is 0 Å². The predicted molar refractivity (Wildman–Crippen MR) is 77.3 cm³/mol. The Bertz CT molecular complexity index is 585. The Morgan fingerprint density at radius 3 is 2.55 bits per heavy atom. The molecule has 0 spiro atoms. The third-order valence-corrected chi connectivity index (χ3v) is 5.88. The molecule has 1 aromatic carbocycles. The molecule has 1 fully saturated rings. The second-order valence-electron chi connectivity index (χ2n) is 5.27. The Morgan fingerprint density at radius 2 is 2.00 bits per heavy atom. The minimum absolute atomic E-state index is 0.0375. The molecule has 7 heteroatoms. The summed E-state index contributed by atoms with van der Waals surface area (Å²) >= 11 is 2.99. The summed E-state index contributed by atoms with van der Waals surface area (Å²) in [5.41, 5.74) is -0.374. The molecule has 1 aliphatic rings. The Morgan fingerprint density at radius 1 is 1.35 bits per heavy atom. The number of benzene rings is 1. The van der Waals surface area contributed by atoms with Crippen molar-refractivity contribution in [2.24, 2.45) is 5.41 Å². The van der Waals surface area contributed by atoms with Crippen molar-refractivity contribution >= 4 is 26.0 Å². The van der Waals surface area contributed by atoms with Crippen LogP contribution in [-0.4, -0.2) is 26.7 Å². The second-order valence-corrected chi connectivity index (χ2v) is 7.89. The molecule has 4 nitrogen and oxygen atoms in total. The van der Waals surface area contributed by atoms with Gasteiger partial charge in [-0.2, -0.15) is 0 Å². The third kappa shape index (κ3) is 3.39. The van der Waals surface area contributed by atoms with E-state index < -0.39 is 15.8 Å². The highest BCUT2D eigenvalue weighted by molar-refractivity contribution is 9.10. The topological polar surface area (TPSA) is 66.4 Å². The number of aliphatic hydroxyl groups is 1. The van der Waals surface area contributed by atoms with Gasteiger partial charge in [-0.15, -0.1) is 0 Å². The summed E-state index contributed by atoms with van der Waals surface area (Å²) < 4.78 is 40.4. The van der Waals surface area contributed by atoms with Crippen LogP contribution in [-0.2, 0) is 10.0 Å². The van der Waals surface area contributed by atoms with Gasteiger partial charge in [0.1, 0.15) is 5.82 Å². The summed E-state index contributed by atoms with van der Waals surface area (Å²) in [7, 11) is -3.76. The van der Waals surface area contributed by atoms with E-state index in [2.05, 4.69) is 20.7 Å². The van der Waals surface area contributed by atoms with Gasteiger partial charge in [-0.3, -0.25) is 0 Å². The van der Waals surface area contributed by atoms with Gasteiger partial charge in [-0.05, 0) is 47.0 Å². The van der Waals surface area contributed by atoms with E-state index in [9.17, 15) is 17.9 Å². The molecule has 20 heavy (non-hydrogen) atoms. The minimum Gasteiger partial charge on any atom is -0.396 e. The van der Waals surface area contributed by atoms with Crippen LogP contribution in [0, 0.1) is 11.2 Å². The lowest BCUT2D eigenvalue weighted by Gasteiger charge is -2.26. The molecule has 112 valence electrons. The van der Waals surface area contributed by atoms with E-state index >= 15 is 0 Å². The maximum absolute atomic E-state index is 13.4. The first-order valence-electron chi connectivity index (χ1n) is 6.44. The first kappa shape index (κ1) is 15.9. The van der Waals surface area contributed by atoms with Gasteiger partial charge < -0.3 is 5.11 Å². The van der Waals surface area contributed by atoms with Gasteiger partial charge in [0.2, 0.25) is 10.0 Å². The molecule has 0 amide bonds. The summed E-state index contributed by atoms with van der Waals surface area (Å²) in [6, 6.07) is 3.68. The fraction of sp³-hybridized carbons (Fsp3) is 0.538. The number of halogens is 2. The van der Waals surface area contributed by atoms with Crippen LogP contribution in [0.2, 0.25) is 0 Å². The van der Waals surface area contributed by atoms with E-state index in [1.54, 1.807) is 0 Å². The summed E-state index contributed by atoms with van der Waals surface area (Å²) in [6.07, 6.45) is 3.60. The van der Waals surface area contributed by atoms with E-state index in [-0.39, 0.29) is 27.9 Å². The first-order chi connectivity index (χ1) is 9.38. The standard InChI is InChI=1S/C13H17BrFNO3S/c14-11-4-3-10(7-12(11)15)20(18,19)16-8-13(9-17)5-1-2-6-13/h3-4,7,16-17H,1-2,5-6,8-9H2. The summed E-state index contributed by atoms with van der Waals surface area (Å²) in [4.78, 5) is -0.107. The number of nitrogens with one attached hydrogen (secondary N) is 1. The van der Waals surface area contributed by atoms with Crippen molar-refractivity contribution in [2.75, 3.05) is 13.2 Å². The number of sulfonamides is 1. The number of aliphatic hydroxyl groups excluding tert-OH is 1. The maximum Gasteiger partial charge on any atom is 0.240 e. The van der Waals surface area contributed by atoms with Gasteiger partial charge >= 0.3 is 0 Å². The van der Waals surface area contributed by atoms with E-state index in [1.807, 2.05) is 0 Å². The van der Waals surface area contributed by atoms with Crippen LogP contribution in [0.25, 0.3) is 0 Å². The Balaban J connectivity index is 2.13. The molecule has 0 aliphatic heterocycles. The first-order valence-corrected chi connectivity index (χ1v) is 8.72. The van der Waals surface area contributed by atoms with Crippen molar-refractivity contribution in [1.29, 1.82) is 0 Å². The fourth-order valence-corrected chi connectivity index (χ4v) is 3.91. The lowest BCUT2D eigenvalue weighted by atomic mass is 9.88. The molecule has 0 unspecified atom stereocenters. The van der Waals surface area contributed by atoms with Gasteiger partial charge in [0, 0.05) is 18.6 Å². The van der Waals surface area contributed by atoms with E-state index in [0.717, 1.165) is 31.7 Å². The van der Waals surface area contributed by atoms with Crippen LogP contribution >= 0.6 is 15.9 Å². The highest BCUT2D eigenvalue weighted by Crippen LogP contribution is 2.37. The van der Waals surface area contributed by atoms with E-state index in [4.69, 9.17) is 0 Å². The number of hydrogen-bond acceptors (Lipinski definition) is 3. The fourth-order valence-electron chi connectivity index (χ4n) is 2.49. The smallest absolute Gasteiger partial charge is 0.240 e. The van der Waals surface area contributed by atoms with Crippen LogP contribution in [0.3, 0.4) is 0 Å². The van der Waals surface area contributed by atoms with E-state index in [1.165, 1.54) is 12.1 Å².